The van der Waals surface area contributed by atoms with Gasteiger partial charge in [-0.05, 0) is 41.5 Å². The van der Waals surface area contributed by atoms with Crippen molar-refractivity contribution in [3.8, 4) is 11.3 Å². The first-order chi connectivity index (χ1) is 20.2. The molecule has 1 aliphatic heterocycles. The number of nitrogens with two attached hydrogens (primary N) is 1. The van der Waals surface area contributed by atoms with Gasteiger partial charge in [-0.25, -0.2) is 9.97 Å². The van der Waals surface area contributed by atoms with E-state index in [9.17, 15) is 18.0 Å². The van der Waals surface area contributed by atoms with Crippen LogP contribution in [0.15, 0.2) is 66.9 Å². The number of aryl methyl sites for hydroxylation is 1. The zero-order chi connectivity index (χ0) is 29.4. The summed E-state index contributed by atoms with van der Waals surface area (Å²) in [6, 6.07) is 16.1. The van der Waals surface area contributed by atoms with E-state index in [0.29, 0.717) is 18.1 Å². The first-order valence-corrected chi connectivity index (χ1v) is 13.7. The largest absolute Gasteiger partial charge is 0.416 e. The van der Waals surface area contributed by atoms with E-state index in [1.165, 1.54) is 12.1 Å². The molecule has 216 valence electrons. The number of aromatic nitrogens is 3. The van der Waals surface area contributed by atoms with Crippen LogP contribution in [0.2, 0.25) is 0 Å². The SMILES string of the molecule is Cc1cnc(N)c2c(-c3ccc(CC(=O)Nc4cccc(C(F)(F)F)c4)c4ccccc34)nc(CN3CCNCC3)n12. The van der Waals surface area contributed by atoms with Crippen molar-refractivity contribution in [2.24, 2.45) is 0 Å². The van der Waals surface area contributed by atoms with Gasteiger partial charge in [-0.3, -0.25) is 14.1 Å². The van der Waals surface area contributed by atoms with Crippen molar-refractivity contribution in [3.05, 3.63) is 89.5 Å². The zero-order valence-electron chi connectivity index (χ0n) is 23.0. The van der Waals surface area contributed by atoms with Gasteiger partial charge in [0, 0.05) is 49.3 Å². The highest BCUT2D eigenvalue weighted by atomic mass is 19.4. The fraction of sp³-hybridized carbons (Fsp3) is 0.258. The predicted molar refractivity (Wildman–Crippen MR) is 157 cm³/mol. The highest BCUT2D eigenvalue weighted by molar-refractivity contribution is 6.04. The number of rotatable bonds is 6. The number of alkyl halides is 3. The Morgan fingerprint density at radius 3 is 2.57 bits per heavy atom. The van der Waals surface area contributed by atoms with Crippen LogP contribution < -0.4 is 16.4 Å². The minimum atomic E-state index is -4.49. The van der Waals surface area contributed by atoms with Crippen molar-refractivity contribution >= 4 is 33.7 Å². The van der Waals surface area contributed by atoms with Gasteiger partial charge in [-0.15, -0.1) is 0 Å². The number of carbonyl (C=O) groups excluding carboxylic acids is 1. The first kappa shape index (κ1) is 27.7. The molecule has 42 heavy (non-hydrogen) atoms. The van der Waals surface area contributed by atoms with E-state index in [-0.39, 0.29) is 12.1 Å². The second kappa shape index (κ2) is 11.1. The molecule has 1 aliphatic rings. The van der Waals surface area contributed by atoms with Crippen LogP contribution in [0.25, 0.3) is 27.5 Å². The van der Waals surface area contributed by atoms with Crippen LogP contribution in [0.4, 0.5) is 24.7 Å². The number of fused-ring (bicyclic) bond motifs is 2. The molecule has 1 fully saturated rings. The van der Waals surface area contributed by atoms with E-state index in [4.69, 9.17) is 10.7 Å². The second-order valence-corrected chi connectivity index (χ2v) is 10.5. The number of piperazine rings is 1. The quantitative estimate of drug-likeness (QED) is 0.263. The summed E-state index contributed by atoms with van der Waals surface area (Å²) in [5.74, 6) is 0.840. The first-order valence-electron chi connectivity index (χ1n) is 13.7. The number of carbonyl (C=O) groups is 1. The third kappa shape index (κ3) is 5.40. The van der Waals surface area contributed by atoms with Crippen molar-refractivity contribution in [3.63, 3.8) is 0 Å². The van der Waals surface area contributed by atoms with Crippen LogP contribution in [0.1, 0.15) is 22.6 Å². The van der Waals surface area contributed by atoms with Crippen LogP contribution in [0.3, 0.4) is 0 Å². The summed E-state index contributed by atoms with van der Waals surface area (Å²) in [6.45, 7) is 6.34. The summed E-state index contributed by atoms with van der Waals surface area (Å²) in [5.41, 5.74) is 9.69. The predicted octanol–water partition coefficient (Wildman–Crippen LogP) is 5.05. The summed E-state index contributed by atoms with van der Waals surface area (Å²) in [4.78, 5) is 24.8. The maximum atomic E-state index is 13.1. The molecule has 0 unspecified atom stereocenters. The fourth-order valence-corrected chi connectivity index (χ4v) is 5.60. The number of anilines is 2. The van der Waals surface area contributed by atoms with Crippen LogP contribution in [-0.4, -0.2) is 51.4 Å². The number of nitrogens with one attached hydrogen (secondary N) is 2. The van der Waals surface area contributed by atoms with Crippen molar-refractivity contribution in [1.82, 2.24) is 24.6 Å². The molecule has 0 spiro atoms. The van der Waals surface area contributed by atoms with Crippen LogP contribution in [0.5, 0.6) is 0 Å². The summed E-state index contributed by atoms with van der Waals surface area (Å²) in [7, 11) is 0. The van der Waals surface area contributed by atoms with E-state index in [2.05, 4.69) is 24.9 Å². The molecule has 3 heterocycles. The Balaban J connectivity index is 1.37. The average molecular weight is 574 g/mol. The highest BCUT2D eigenvalue weighted by Gasteiger charge is 2.30. The Kier molecular flexibility index (Phi) is 7.29. The molecule has 0 saturated carbocycles. The van der Waals surface area contributed by atoms with Crippen LogP contribution >= 0.6 is 0 Å². The van der Waals surface area contributed by atoms with Gasteiger partial charge in [0.1, 0.15) is 22.9 Å². The smallest absolute Gasteiger partial charge is 0.382 e. The number of halogens is 3. The molecule has 0 radical (unpaired) electrons. The van der Waals surface area contributed by atoms with E-state index < -0.39 is 17.6 Å². The number of amides is 1. The van der Waals surface area contributed by atoms with Gasteiger partial charge in [0.2, 0.25) is 5.91 Å². The monoisotopic (exact) mass is 573 g/mol. The Bertz CT molecular complexity index is 1790. The molecule has 0 atom stereocenters. The van der Waals surface area contributed by atoms with Gasteiger partial charge < -0.3 is 16.4 Å². The number of hydrogen-bond acceptors (Lipinski definition) is 6. The Morgan fingerprint density at radius 2 is 1.81 bits per heavy atom. The topological polar surface area (TPSA) is 101 Å². The molecular formula is C31H30F3N7O. The number of nitrogen functional groups attached to an aromatic ring is 1. The maximum Gasteiger partial charge on any atom is 0.416 e. The normalized spacial score (nSPS) is 14.5. The van der Waals surface area contributed by atoms with Gasteiger partial charge in [0.15, 0.2) is 0 Å². The lowest BCUT2D eigenvalue weighted by atomic mass is 9.95. The lowest BCUT2D eigenvalue weighted by Gasteiger charge is -2.26. The summed E-state index contributed by atoms with van der Waals surface area (Å²) in [6.07, 6.45) is -2.76. The summed E-state index contributed by atoms with van der Waals surface area (Å²) < 4.78 is 41.5. The second-order valence-electron chi connectivity index (χ2n) is 10.5. The molecule has 0 aliphatic carbocycles. The Morgan fingerprint density at radius 1 is 1.05 bits per heavy atom. The summed E-state index contributed by atoms with van der Waals surface area (Å²) >= 11 is 0. The van der Waals surface area contributed by atoms with E-state index >= 15 is 0 Å². The molecule has 4 N–H and O–H groups in total. The maximum absolute atomic E-state index is 13.1. The third-order valence-corrected chi connectivity index (χ3v) is 7.60. The Labute approximate surface area is 240 Å². The van der Waals surface area contributed by atoms with Crippen molar-refractivity contribution < 1.29 is 18.0 Å². The molecule has 0 bridgehead atoms. The number of imidazole rings is 1. The van der Waals surface area contributed by atoms with Crippen LogP contribution in [0, 0.1) is 6.92 Å². The molecular weight excluding hydrogens is 543 g/mol. The van der Waals surface area contributed by atoms with E-state index in [1.807, 2.05) is 43.3 Å². The minimum absolute atomic E-state index is 0.0158. The average Bonchev–Trinajstić information content (AvgIpc) is 3.35. The lowest BCUT2D eigenvalue weighted by Crippen LogP contribution is -2.43. The fourth-order valence-electron chi connectivity index (χ4n) is 5.60. The highest BCUT2D eigenvalue weighted by Crippen LogP contribution is 2.36. The lowest BCUT2D eigenvalue weighted by molar-refractivity contribution is -0.137. The third-order valence-electron chi connectivity index (χ3n) is 7.60. The molecule has 1 amide bonds. The van der Waals surface area contributed by atoms with Crippen molar-refractivity contribution in [1.29, 1.82) is 0 Å². The molecule has 11 heteroatoms. The van der Waals surface area contributed by atoms with E-state index in [0.717, 1.165) is 77.2 Å². The van der Waals surface area contributed by atoms with Gasteiger partial charge >= 0.3 is 6.18 Å². The molecule has 6 rings (SSSR count). The molecule has 1 saturated heterocycles. The molecule has 5 aromatic rings. The van der Waals surface area contributed by atoms with Crippen molar-refractivity contribution in [2.75, 3.05) is 37.2 Å². The Hall–Kier alpha value is -4.48. The molecule has 8 nitrogen and oxygen atoms in total. The number of nitrogens with zero attached hydrogens (tertiary/aromatic N) is 4. The van der Waals surface area contributed by atoms with Gasteiger partial charge in [0.25, 0.3) is 0 Å². The van der Waals surface area contributed by atoms with Gasteiger partial charge in [0.05, 0.1) is 18.5 Å². The summed E-state index contributed by atoms with van der Waals surface area (Å²) in [5, 5.41) is 7.71. The zero-order valence-corrected chi connectivity index (χ0v) is 23.0. The van der Waals surface area contributed by atoms with E-state index in [1.54, 1.807) is 6.20 Å². The van der Waals surface area contributed by atoms with Gasteiger partial charge in [-0.2, -0.15) is 13.2 Å². The van der Waals surface area contributed by atoms with Crippen LogP contribution in [-0.2, 0) is 23.9 Å². The standard InChI is InChI=1S/C31H30F3N7O/c1-19-17-37-30(35)29-28(39-26(41(19)29)18-40-13-11-36-12-14-40)25-10-9-20(23-7-2-3-8-24(23)25)15-27(42)38-22-6-4-5-21(16-22)31(32,33)34/h2-10,16-17,36H,11-15,18H2,1H3,(H2,35,37)(H,38,42). The molecule has 2 aromatic heterocycles. The van der Waals surface area contributed by atoms with Gasteiger partial charge in [-0.1, -0.05) is 42.5 Å². The minimum Gasteiger partial charge on any atom is -0.382 e. The molecule has 3 aromatic carbocycles. The van der Waals surface area contributed by atoms with Crippen molar-refractivity contribution in [2.45, 2.75) is 26.1 Å². The number of hydrogen-bond donors (Lipinski definition) is 3. The number of benzene rings is 3.